The lowest BCUT2D eigenvalue weighted by molar-refractivity contribution is -0.131. The van der Waals surface area contributed by atoms with Gasteiger partial charge in [-0.2, -0.15) is 0 Å². The highest BCUT2D eigenvalue weighted by Crippen LogP contribution is 2.27. The molecule has 5 nitrogen and oxygen atoms in total. The van der Waals surface area contributed by atoms with Crippen LogP contribution in [-0.4, -0.2) is 31.2 Å². The zero-order chi connectivity index (χ0) is 18.6. The SMILES string of the molecule is COC(=O)c1cc(F)c(C)c(NC(=O)C(C)OC2CCCC(C)C2)c1. The normalized spacial score (nSPS) is 21.5. The lowest BCUT2D eigenvalue weighted by Gasteiger charge is -2.29. The molecule has 1 amide bonds. The third kappa shape index (κ3) is 5.01. The molecule has 0 radical (unpaired) electrons. The molecule has 25 heavy (non-hydrogen) atoms. The number of methoxy groups -OCH3 is 1. The molecule has 3 unspecified atom stereocenters. The maximum absolute atomic E-state index is 14.0. The number of hydrogen-bond donors (Lipinski definition) is 1. The average molecular weight is 351 g/mol. The van der Waals surface area contributed by atoms with Crippen molar-refractivity contribution in [1.29, 1.82) is 0 Å². The fourth-order valence-electron chi connectivity index (χ4n) is 3.13. The quantitative estimate of drug-likeness (QED) is 0.819. The molecule has 1 N–H and O–H groups in total. The Morgan fingerprint density at radius 1 is 1.32 bits per heavy atom. The van der Waals surface area contributed by atoms with Crippen molar-refractivity contribution >= 4 is 17.6 Å². The van der Waals surface area contributed by atoms with Gasteiger partial charge in [-0.1, -0.05) is 19.8 Å². The van der Waals surface area contributed by atoms with Crippen molar-refractivity contribution in [3.05, 3.63) is 29.1 Å². The van der Waals surface area contributed by atoms with Crippen molar-refractivity contribution in [2.24, 2.45) is 5.92 Å². The Kier molecular flexibility index (Phi) is 6.53. The molecule has 0 bridgehead atoms. The van der Waals surface area contributed by atoms with Gasteiger partial charge >= 0.3 is 5.97 Å². The molecule has 1 aliphatic rings. The van der Waals surface area contributed by atoms with Gasteiger partial charge in [-0.25, -0.2) is 9.18 Å². The molecule has 1 aliphatic carbocycles. The summed E-state index contributed by atoms with van der Waals surface area (Å²) < 4.78 is 24.5. The summed E-state index contributed by atoms with van der Waals surface area (Å²) in [6.45, 7) is 5.41. The van der Waals surface area contributed by atoms with Gasteiger partial charge in [0.25, 0.3) is 5.91 Å². The minimum absolute atomic E-state index is 0.0515. The molecule has 0 heterocycles. The third-order valence-electron chi connectivity index (χ3n) is 4.68. The van der Waals surface area contributed by atoms with Gasteiger partial charge in [0, 0.05) is 11.3 Å². The minimum Gasteiger partial charge on any atom is -0.465 e. The summed E-state index contributed by atoms with van der Waals surface area (Å²) in [6, 6.07) is 2.51. The number of hydrogen-bond acceptors (Lipinski definition) is 4. The van der Waals surface area contributed by atoms with Crippen molar-refractivity contribution in [1.82, 2.24) is 0 Å². The van der Waals surface area contributed by atoms with Gasteiger partial charge in [-0.15, -0.1) is 0 Å². The zero-order valence-corrected chi connectivity index (χ0v) is 15.2. The van der Waals surface area contributed by atoms with Crippen LogP contribution in [0.3, 0.4) is 0 Å². The van der Waals surface area contributed by atoms with E-state index < -0.39 is 17.9 Å². The van der Waals surface area contributed by atoms with E-state index in [4.69, 9.17) is 4.74 Å². The molecular formula is C19H26FNO4. The van der Waals surface area contributed by atoms with Gasteiger partial charge in [-0.05, 0) is 44.7 Å². The van der Waals surface area contributed by atoms with Crippen LogP contribution in [0.2, 0.25) is 0 Å². The van der Waals surface area contributed by atoms with Crippen LogP contribution in [0.1, 0.15) is 55.5 Å². The summed E-state index contributed by atoms with van der Waals surface area (Å²) in [5.41, 5.74) is 0.563. The number of amides is 1. The summed E-state index contributed by atoms with van der Waals surface area (Å²) in [5.74, 6) is -0.993. The largest absolute Gasteiger partial charge is 0.465 e. The lowest BCUT2D eigenvalue weighted by atomic mass is 9.88. The standard InChI is InChI=1S/C19H26FNO4/c1-11-6-5-7-15(8-11)25-13(3)18(22)21-17-10-14(19(23)24-4)9-16(20)12(17)2/h9-11,13,15H,5-8H2,1-4H3,(H,21,22). The number of carbonyl (C=O) groups excluding carboxylic acids is 2. The van der Waals surface area contributed by atoms with Gasteiger partial charge in [0.1, 0.15) is 11.9 Å². The molecule has 3 atom stereocenters. The van der Waals surface area contributed by atoms with Gasteiger partial charge < -0.3 is 14.8 Å². The van der Waals surface area contributed by atoms with E-state index in [9.17, 15) is 14.0 Å². The Hall–Kier alpha value is -1.95. The summed E-state index contributed by atoms with van der Waals surface area (Å²) in [7, 11) is 1.22. The summed E-state index contributed by atoms with van der Waals surface area (Å²) in [6.07, 6.45) is 3.62. The van der Waals surface area contributed by atoms with E-state index in [0.29, 0.717) is 5.92 Å². The van der Waals surface area contributed by atoms with Gasteiger partial charge in [0.2, 0.25) is 0 Å². The van der Waals surface area contributed by atoms with Crippen molar-refractivity contribution < 1.29 is 23.5 Å². The minimum atomic E-state index is -0.658. The van der Waals surface area contributed by atoms with E-state index in [1.54, 1.807) is 13.8 Å². The van der Waals surface area contributed by atoms with Crippen LogP contribution in [0.15, 0.2) is 12.1 Å². The molecule has 0 spiro atoms. The van der Waals surface area contributed by atoms with Crippen LogP contribution >= 0.6 is 0 Å². The smallest absolute Gasteiger partial charge is 0.338 e. The van der Waals surface area contributed by atoms with Crippen LogP contribution in [0, 0.1) is 18.7 Å². The van der Waals surface area contributed by atoms with E-state index in [2.05, 4.69) is 17.0 Å². The van der Waals surface area contributed by atoms with Crippen molar-refractivity contribution in [3.63, 3.8) is 0 Å². The predicted molar refractivity (Wildman–Crippen MR) is 93.1 cm³/mol. The zero-order valence-electron chi connectivity index (χ0n) is 15.2. The summed E-state index contributed by atoms with van der Waals surface area (Å²) in [5, 5.41) is 2.66. The Balaban J connectivity index is 2.06. The van der Waals surface area contributed by atoms with Crippen LogP contribution < -0.4 is 5.32 Å². The average Bonchev–Trinajstić information content (AvgIpc) is 2.57. The highest BCUT2D eigenvalue weighted by Gasteiger charge is 2.25. The van der Waals surface area contributed by atoms with Crippen molar-refractivity contribution in [2.75, 3.05) is 12.4 Å². The molecule has 1 saturated carbocycles. The van der Waals surface area contributed by atoms with E-state index in [-0.39, 0.29) is 28.8 Å². The van der Waals surface area contributed by atoms with E-state index in [1.165, 1.54) is 19.6 Å². The first-order valence-corrected chi connectivity index (χ1v) is 8.66. The van der Waals surface area contributed by atoms with Gasteiger partial charge in [-0.3, -0.25) is 4.79 Å². The maximum Gasteiger partial charge on any atom is 0.338 e. The molecule has 1 aromatic carbocycles. The van der Waals surface area contributed by atoms with Crippen LogP contribution in [0.5, 0.6) is 0 Å². The molecule has 6 heteroatoms. The topological polar surface area (TPSA) is 64.6 Å². The number of carbonyl (C=O) groups is 2. The molecule has 0 aliphatic heterocycles. The van der Waals surface area contributed by atoms with E-state index in [1.807, 2.05) is 0 Å². The predicted octanol–water partition coefficient (Wildman–Crippen LogP) is 3.84. The fraction of sp³-hybridized carbons (Fsp3) is 0.579. The second-order valence-corrected chi connectivity index (χ2v) is 6.78. The number of esters is 1. The highest BCUT2D eigenvalue weighted by molar-refractivity contribution is 5.97. The molecule has 2 rings (SSSR count). The molecule has 1 aromatic rings. The number of ether oxygens (including phenoxy) is 2. The Morgan fingerprint density at radius 3 is 2.68 bits per heavy atom. The number of nitrogens with one attached hydrogen (secondary N) is 1. The molecule has 1 fully saturated rings. The van der Waals surface area contributed by atoms with Crippen molar-refractivity contribution in [3.8, 4) is 0 Å². The van der Waals surface area contributed by atoms with Gasteiger partial charge in [0.15, 0.2) is 0 Å². The Morgan fingerprint density at radius 2 is 2.04 bits per heavy atom. The first kappa shape index (κ1) is 19.4. The summed E-state index contributed by atoms with van der Waals surface area (Å²) in [4.78, 5) is 24.0. The second-order valence-electron chi connectivity index (χ2n) is 6.78. The van der Waals surface area contributed by atoms with E-state index >= 15 is 0 Å². The number of rotatable bonds is 5. The Bertz CT molecular complexity index is 647. The molecule has 0 saturated heterocycles. The van der Waals surface area contributed by atoms with Gasteiger partial charge in [0.05, 0.1) is 18.8 Å². The fourth-order valence-corrected chi connectivity index (χ4v) is 3.13. The lowest BCUT2D eigenvalue weighted by Crippen LogP contribution is -2.34. The summed E-state index contributed by atoms with van der Waals surface area (Å²) >= 11 is 0. The highest BCUT2D eigenvalue weighted by atomic mass is 19.1. The first-order valence-electron chi connectivity index (χ1n) is 8.66. The first-order chi connectivity index (χ1) is 11.8. The molecular weight excluding hydrogens is 325 g/mol. The van der Waals surface area contributed by atoms with E-state index in [0.717, 1.165) is 25.3 Å². The number of halogens is 1. The second kappa shape index (κ2) is 8.43. The molecule has 138 valence electrons. The third-order valence-corrected chi connectivity index (χ3v) is 4.68. The number of anilines is 1. The van der Waals surface area contributed by atoms with Crippen molar-refractivity contribution in [2.45, 2.75) is 58.7 Å². The van der Waals surface area contributed by atoms with Crippen LogP contribution in [-0.2, 0) is 14.3 Å². The Labute approximate surface area is 147 Å². The molecule has 0 aromatic heterocycles. The number of benzene rings is 1. The van der Waals surface area contributed by atoms with Crippen LogP contribution in [0.25, 0.3) is 0 Å². The monoisotopic (exact) mass is 351 g/mol. The van der Waals surface area contributed by atoms with Crippen LogP contribution in [0.4, 0.5) is 10.1 Å². The maximum atomic E-state index is 14.0.